The van der Waals surface area contributed by atoms with Crippen molar-refractivity contribution in [3.8, 4) is 0 Å². The summed E-state index contributed by atoms with van der Waals surface area (Å²) >= 11 is 0. The molecule has 1 unspecified atom stereocenters. The summed E-state index contributed by atoms with van der Waals surface area (Å²) < 4.78 is 26.9. The van der Waals surface area contributed by atoms with Crippen molar-refractivity contribution in [1.29, 1.82) is 0 Å². The molecule has 0 aromatic heterocycles. The normalized spacial score (nSPS) is 21.5. The van der Waals surface area contributed by atoms with Gasteiger partial charge in [0, 0.05) is 56.9 Å². The van der Waals surface area contributed by atoms with Crippen LogP contribution in [0.1, 0.15) is 18.5 Å². The molecule has 1 atom stereocenters. The number of rotatable bonds is 3. The third-order valence-corrected chi connectivity index (χ3v) is 4.72. The van der Waals surface area contributed by atoms with E-state index in [2.05, 4.69) is 10.2 Å². The van der Waals surface area contributed by atoms with Crippen molar-refractivity contribution in [2.45, 2.75) is 13.0 Å². The van der Waals surface area contributed by atoms with Crippen LogP contribution in [0.2, 0.25) is 0 Å². The quantitative estimate of drug-likeness (QED) is 0.916. The summed E-state index contributed by atoms with van der Waals surface area (Å²) in [5.41, 5.74) is 0.504. The number of piperazine rings is 1. The van der Waals surface area contributed by atoms with E-state index in [9.17, 15) is 13.6 Å². The van der Waals surface area contributed by atoms with E-state index < -0.39 is 11.6 Å². The summed E-state index contributed by atoms with van der Waals surface area (Å²) in [6.07, 6.45) is 0. The molecule has 2 saturated heterocycles. The van der Waals surface area contributed by atoms with Gasteiger partial charge >= 0.3 is 0 Å². The smallest absolute Gasteiger partial charge is 0.228 e. The Morgan fingerprint density at radius 1 is 1.23 bits per heavy atom. The van der Waals surface area contributed by atoms with Crippen molar-refractivity contribution in [3.05, 3.63) is 35.4 Å². The Bertz CT molecular complexity index is 554. The van der Waals surface area contributed by atoms with Crippen LogP contribution in [0.15, 0.2) is 18.2 Å². The van der Waals surface area contributed by atoms with Crippen molar-refractivity contribution in [2.75, 3.05) is 39.3 Å². The fourth-order valence-electron chi connectivity index (χ4n) is 3.09. The summed E-state index contributed by atoms with van der Waals surface area (Å²) in [7, 11) is 0. The van der Waals surface area contributed by atoms with Gasteiger partial charge in [-0.2, -0.15) is 0 Å². The lowest BCUT2D eigenvalue weighted by atomic mass is 10.0. The maximum Gasteiger partial charge on any atom is 0.228 e. The molecule has 2 aliphatic rings. The fourth-order valence-corrected chi connectivity index (χ4v) is 3.09. The lowest BCUT2D eigenvalue weighted by Gasteiger charge is -2.40. The first-order valence-corrected chi connectivity index (χ1v) is 7.75. The Balaban J connectivity index is 1.59. The van der Waals surface area contributed by atoms with E-state index in [0.717, 1.165) is 19.2 Å². The number of amides is 1. The molecule has 2 heterocycles. The number of benzene rings is 1. The van der Waals surface area contributed by atoms with Crippen LogP contribution in [-0.4, -0.2) is 55.0 Å². The number of hydrogen-bond donors (Lipinski definition) is 1. The molecule has 0 radical (unpaired) electrons. The molecule has 22 heavy (non-hydrogen) atoms. The Morgan fingerprint density at radius 2 is 1.91 bits per heavy atom. The summed E-state index contributed by atoms with van der Waals surface area (Å²) in [6, 6.07) is 3.60. The fraction of sp³-hybridized carbons (Fsp3) is 0.562. The second-order valence-corrected chi connectivity index (χ2v) is 6.06. The second kappa shape index (κ2) is 6.30. The number of hydrogen-bond acceptors (Lipinski definition) is 3. The van der Waals surface area contributed by atoms with E-state index in [1.54, 1.807) is 0 Å². The standard InChI is InChI=1S/C16H21F2N3O/c1-11(14-3-2-13(17)8-15(14)18)20-4-6-21(7-5-20)16(22)12-9-19-10-12/h2-3,8,11-12,19H,4-7,9-10H2,1H3. The maximum absolute atomic E-state index is 13.9. The van der Waals surface area contributed by atoms with Crippen LogP contribution >= 0.6 is 0 Å². The summed E-state index contributed by atoms with van der Waals surface area (Å²) in [6.45, 7) is 6.23. The van der Waals surface area contributed by atoms with Crippen molar-refractivity contribution in [1.82, 2.24) is 15.1 Å². The topological polar surface area (TPSA) is 35.6 Å². The molecule has 3 rings (SSSR count). The predicted octanol–water partition coefficient (Wildman–Crippen LogP) is 1.39. The highest BCUT2D eigenvalue weighted by Gasteiger charge is 2.32. The number of carbonyl (C=O) groups is 1. The van der Waals surface area contributed by atoms with Gasteiger partial charge in [0.25, 0.3) is 0 Å². The van der Waals surface area contributed by atoms with Crippen LogP contribution in [0.4, 0.5) is 8.78 Å². The molecule has 0 aliphatic carbocycles. The van der Waals surface area contributed by atoms with Gasteiger partial charge in [-0.05, 0) is 13.0 Å². The van der Waals surface area contributed by atoms with E-state index in [-0.39, 0.29) is 17.9 Å². The van der Waals surface area contributed by atoms with E-state index in [0.29, 0.717) is 31.7 Å². The molecule has 4 nitrogen and oxygen atoms in total. The molecule has 0 bridgehead atoms. The Hall–Kier alpha value is -1.53. The number of carbonyl (C=O) groups excluding carboxylic acids is 1. The van der Waals surface area contributed by atoms with E-state index in [1.165, 1.54) is 12.1 Å². The van der Waals surface area contributed by atoms with E-state index in [4.69, 9.17) is 0 Å². The molecule has 1 N–H and O–H groups in total. The number of nitrogens with one attached hydrogen (secondary N) is 1. The molecule has 2 aliphatic heterocycles. The average Bonchev–Trinajstić information content (AvgIpc) is 2.45. The zero-order valence-corrected chi connectivity index (χ0v) is 12.7. The van der Waals surface area contributed by atoms with Gasteiger partial charge in [-0.15, -0.1) is 0 Å². The molecular weight excluding hydrogens is 288 g/mol. The lowest BCUT2D eigenvalue weighted by Crippen LogP contribution is -2.56. The monoisotopic (exact) mass is 309 g/mol. The molecule has 1 aromatic rings. The van der Waals surface area contributed by atoms with Gasteiger partial charge in [-0.1, -0.05) is 6.07 Å². The van der Waals surface area contributed by atoms with Gasteiger partial charge in [0.1, 0.15) is 11.6 Å². The highest BCUT2D eigenvalue weighted by atomic mass is 19.1. The van der Waals surface area contributed by atoms with Crippen LogP contribution in [0, 0.1) is 17.6 Å². The van der Waals surface area contributed by atoms with Crippen LogP contribution < -0.4 is 5.32 Å². The highest BCUT2D eigenvalue weighted by Crippen LogP contribution is 2.25. The lowest BCUT2D eigenvalue weighted by molar-refractivity contribution is -0.139. The minimum absolute atomic E-state index is 0.122. The number of nitrogens with zero attached hydrogens (tertiary/aromatic N) is 2. The van der Waals surface area contributed by atoms with Gasteiger partial charge in [0.05, 0.1) is 5.92 Å². The van der Waals surface area contributed by atoms with Crippen molar-refractivity contribution < 1.29 is 13.6 Å². The van der Waals surface area contributed by atoms with Gasteiger partial charge in [0.2, 0.25) is 5.91 Å². The molecule has 6 heteroatoms. The molecule has 120 valence electrons. The van der Waals surface area contributed by atoms with Crippen molar-refractivity contribution >= 4 is 5.91 Å². The molecule has 0 saturated carbocycles. The first-order valence-electron chi connectivity index (χ1n) is 7.75. The van der Waals surface area contributed by atoms with Crippen LogP contribution in [0.25, 0.3) is 0 Å². The van der Waals surface area contributed by atoms with Crippen molar-refractivity contribution in [3.63, 3.8) is 0 Å². The Kier molecular flexibility index (Phi) is 4.40. The van der Waals surface area contributed by atoms with Gasteiger partial charge in [-0.25, -0.2) is 8.78 Å². The van der Waals surface area contributed by atoms with E-state index in [1.807, 2.05) is 11.8 Å². The molecule has 0 spiro atoms. The zero-order chi connectivity index (χ0) is 15.7. The molecule has 1 amide bonds. The van der Waals surface area contributed by atoms with Gasteiger partial charge in [-0.3, -0.25) is 9.69 Å². The van der Waals surface area contributed by atoms with Gasteiger partial charge in [0.15, 0.2) is 0 Å². The van der Waals surface area contributed by atoms with Gasteiger partial charge < -0.3 is 10.2 Å². The molecule has 1 aromatic carbocycles. The highest BCUT2D eigenvalue weighted by molar-refractivity contribution is 5.80. The SMILES string of the molecule is CC(c1ccc(F)cc1F)N1CCN(C(=O)C2CNC2)CC1. The maximum atomic E-state index is 13.9. The average molecular weight is 309 g/mol. The molecular formula is C16H21F2N3O. The van der Waals surface area contributed by atoms with Crippen LogP contribution in [0.5, 0.6) is 0 Å². The Morgan fingerprint density at radius 3 is 2.45 bits per heavy atom. The minimum Gasteiger partial charge on any atom is -0.340 e. The predicted molar refractivity (Wildman–Crippen MR) is 79.3 cm³/mol. The van der Waals surface area contributed by atoms with E-state index >= 15 is 0 Å². The summed E-state index contributed by atoms with van der Waals surface area (Å²) in [5, 5.41) is 3.11. The first kappa shape index (κ1) is 15.4. The minimum atomic E-state index is -0.557. The third-order valence-electron chi connectivity index (χ3n) is 4.72. The summed E-state index contributed by atoms with van der Waals surface area (Å²) in [5.74, 6) is -0.720. The summed E-state index contributed by atoms with van der Waals surface area (Å²) in [4.78, 5) is 16.2. The second-order valence-electron chi connectivity index (χ2n) is 6.06. The molecule has 2 fully saturated rings. The van der Waals surface area contributed by atoms with Crippen LogP contribution in [-0.2, 0) is 4.79 Å². The Labute approximate surface area is 129 Å². The third kappa shape index (κ3) is 2.98. The van der Waals surface area contributed by atoms with Crippen LogP contribution in [0.3, 0.4) is 0 Å². The van der Waals surface area contributed by atoms with Crippen molar-refractivity contribution in [2.24, 2.45) is 5.92 Å². The largest absolute Gasteiger partial charge is 0.340 e. The first-order chi connectivity index (χ1) is 10.6. The zero-order valence-electron chi connectivity index (χ0n) is 12.7. The number of halogens is 2.